The fourth-order valence-corrected chi connectivity index (χ4v) is 3.73. The molecule has 1 saturated heterocycles. The average Bonchev–Trinajstić information content (AvgIpc) is 2.82. The Morgan fingerprint density at radius 2 is 1.69 bits per heavy atom. The van der Waals surface area contributed by atoms with Crippen LogP contribution in [0.15, 0.2) is 30.5 Å². The largest absolute Gasteiger partial charge is 0.444 e. The van der Waals surface area contributed by atoms with Crippen molar-refractivity contribution in [2.24, 2.45) is 0 Å². The van der Waals surface area contributed by atoms with Gasteiger partial charge in [-0.25, -0.2) is 14.6 Å². The van der Waals surface area contributed by atoms with Crippen LogP contribution < -0.4 is 10.2 Å². The summed E-state index contributed by atoms with van der Waals surface area (Å²) in [5.41, 5.74) is -0.298. The van der Waals surface area contributed by atoms with Crippen LogP contribution in [0.25, 0.3) is 0 Å². The van der Waals surface area contributed by atoms with E-state index in [9.17, 15) is 19.7 Å². The number of amides is 2. The van der Waals surface area contributed by atoms with Crippen molar-refractivity contribution >= 4 is 35.2 Å². The molecule has 3 rings (SSSR count). The predicted octanol–water partition coefficient (Wildman–Crippen LogP) is 4.55. The molecule has 2 amide bonds. The van der Waals surface area contributed by atoms with Gasteiger partial charge in [-0.05, 0) is 59.7 Å². The second-order valence-corrected chi connectivity index (χ2v) is 11.2. The summed E-state index contributed by atoms with van der Waals surface area (Å²) in [6, 6.07) is 6.36. The Balaban J connectivity index is 1.72. The molecule has 212 valence electrons. The summed E-state index contributed by atoms with van der Waals surface area (Å²) >= 11 is 0. The number of anilines is 3. The van der Waals surface area contributed by atoms with Crippen molar-refractivity contribution < 1.29 is 24.0 Å². The number of hydrogen-bond acceptors (Lipinski definition) is 10. The van der Waals surface area contributed by atoms with Gasteiger partial charge < -0.3 is 29.5 Å². The standard InChI is InChI=1S/C26H37N7O6/c1-25(2,3)38-23(34)30(7)17-19-16-18(10-11-27-19)28-22-20(33(36)37)8-9-21(29-22)31-12-14-32(15-13-31)24(35)39-26(4,5)6/h8-11,16H,12-15,17H2,1-7H3,(H,27,28,29). The van der Waals surface area contributed by atoms with E-state index in [1.807, 2.05) is 25.7 Å². The number of piperazine rings is 1. The highest BCUT2D eigenvalue weighted by Crippen LogP contribution is 2.29. The minimum Gasteiger partial charge on any atom is -0.444 e. The van der Waals surface area contributed by atoms with Crippen LogP contribution in [-0.2, 0) is 16.0 Å². The summed E-state index contributed by atoms with van der Waals surface area (Å²) in [4.78, 5) is 49.7. The molecule has 3 heterocycles. The minimum absolute atomic E-state index is 0.0738. The molecule has 0 atom stereocenters. The van der Waals surface area contributed by atoms with Gasteiger partial charge in [0.2, 0.25) is 5.82 Å². The summed E-state index contributed by atoms with van der Waals surface area (Å²) in [6.07, 6.45) is 0.693. The molecule has 13 heteroatoms. The van der Waals surface area contributed by atoms with Gasteiger partial charge in [-0.1, -0.05) is 0 Å². The Kier molecular flexibility index (Phi) is 8.82. The zero-order chi connectivity index (χ0) is 29.0. The van der Waals surface area contributed by atoms with Gasteiger partial charge in [0.1, 0.15) is 17.0 Å². The first-order valence-corrected chi connectivity index (χ1v) is 12.7. The summed E-state index contributed by atoms with van der Waals surface area (Å²) in [5, 5.41) is 14.7. The Morgan fingerprint density at radius 3 is 2.28 bits per heavy atom. The van der Waals surface area contributed by atoms with Crippen molar-refractivity contribution in [1.29, 1.82) is 0 Å². The minimum atomic E-state index is -0.625. The van der Waals surface area contributed by atoms with Gasteiger partial charge in [-0.15, -0.1) is 0 Å². The quantitative estimate of drug-likeness (QED) is 0.407. The topological polar surface area (TPSA) is 143 Å². The molecule has 0 aromatic carbocycles. The van der Waals surface area contributed by atoms with Crippen LogP contribution in [0.1, 0.15) is 47.2 Å². The van der Waals surface area contributed by atoms with Crippen molar-refractivity contribution in [3.63, 3.8) is 0 Å². The van der Waals surface area contributed by atoms with Crippen molar-refractivity contribution in [3.05, 3.63) is 46.3 Å². The molecule has 0 aliphatic carbocycles. The maximum Gasteiger partial charge on any atom is 0.410 e. The number of carbonyl (C=O) groups is 2. The number of nitro groups is 1. The zero-order valence-corrected chi connectivity index (χ0v) is 23.6. The number of ether oxygens (including phenoxy) is 2. The maximum atomic E-state index is 12.4. The van der Waals surface area contributed by atoms with E-state index in [0.717, 1.165) is 0 Å². The fourth-order valence-electron chi connectivity index (χ4n) is 3.73. The van der Waals surface area contributed by atoms with Crippen LogP contribution in [0.2, 0.25) is 0 Å². The zero-order valence-electron chi connectivity index (χ0n) is 23.6. The van der Waals surface area contributed by atoms with Crippen LogP contribution >= 0.6 is 0 Å². The predicted molar refractivity (Wildman–Crippen MR) is 146 cm³/mol. The van der Waals surface area contributed by atoms with Gasteiger partial charge in [0, 0.05) is 51.2 Å². The van der Waals surface area contributed by atoms with Crippen LogP contribution in [0, 0.1) is 10.1 Å². The number of hydrogen-bond donors (Lipinski definition) is 1. The molecule has 39 heavy (non-hydrogen) atoms. The summed E-state index contributed by atoms with van der Waals surface area (Å²) < 4.78 is 10.8. The molecular weight excluding hydrogens is 506 g/mol. The number of nitrogens with one attached hydrogen (secondary N) is 1. The highest BCUT2D eigenvalue weighted by atomic mass is 16.6. The lowest BCUT2D eigenvalue weighted by Gasteiger charge is -2.36. The van der Waals surface area contributed by atoms with Gasteiger partial charge in [0.25, 0.3) is 0 Å². The van der Waals surface area contributed by atoms with Crippen molar-refractivity contribution in [2.45, 2.75) is 59.3 Å². The van der Waals surface area contributed by atoms with Crippen LogP contribution in [0.5, 0.6) is 0 Å². The van der Waals surface area contributed by atoms with E-state index in [1.54, 1.807) is 57.1 Å². The SMILES string of the molecule is CN(Cc1cc(Nc2nc(N3CCN(C(=O)OC(C)(C)C)CC3)ccc2[N+](=O)[O-])ccn1)C(=O)OC(C)(C)C. The van der Waals surface area contributed by atoms with Crippen LogP contribution in [-0.4, -0.2) is 81.3 Å². The monoisotopic (exact) mass is 543 g/mol. The molecule has 13 nitrogen and oxygen atoms in total. The van der Waals surface area contributed by atoms with E-state index >= 15 is 0 Å². The molecular formula is C26H37N7O6. The number of carbonyl (C=O) groups excluding carboxylic acids is 2. The molecule has 1 N–H and O–H groups in total. The van der Waals surface area contributed by atoms with Gasteiger partial charge in [0.05, 0.1) is 17.2 Å². The molecule has 2 aromatic rings. The molecule has 1 fully saturated rings. The summed E-state index contributed by atoms with van der Waals surface area (Å²) in [6.45, 7) is 12.9. The maximum absolute atomic E-state index is 12.4. The van der Waals surface area contributed by atoms with Gasteiger partial charge in [-0.2, -0.15) is 0 Å². The fraction of sp³-hybridized carbons (Fsp3) is 0.538. The Hall–Kier alpha value is -4.16. The molecule has 1 aliphatic heterocycles. The molecule has 0 bridgehead atoms. The average molecular weight is 544 g/mol. The van der Waals surface area contributed by atoms with Crippen LogP contribution in [0.4, 0.5) is 32.6 Å². The first kappa shape index (κ1) is 29.4. The van der Waals surface area contributed by atoms with E-state index < -0.39 is 22.2 Å². The highest BCUT2D eigenvalue weighted by Gasteiger charge is 2.27. The molecule has 0 radical (unpaired) electrons. The number of aromatic nitrogens is 2. The third-order valence-corrected chi connectivity index (χ3v) is 5.49. The smallest absolute Gasteiger partial charge is 0.410 e. The first-order chi connectivity index (χ1) is 18.1. The first-order valence-electron chi connectivity index (χ1n) is 12.7. The van der Waals surface area contributed by atoms with Crippen molar-refractivity contribution in [1.82, 2.24) is 19.8 Å². The third kappa shape index (κ3) is 8.69. The summed E-state index contributed by atoms with van der Waals surface area (Å²) in [5.74, 6) is 0.621. The lowest BCUT2D eigenvalue weighted by molar-refractivity contribution is -0.384. The second kappa shape index (κ2) is 11.7. The van der Waals surface area contributed by atoms with Crippen LogP contribution in [0.3, 0.4) is 0 Å². The van der Waals surface area contributed by atoms with Gasteiger partial charge in [0.15, 0.2) is 0 Å². The molecule has 0 unspecified atom stereocenters. The van der Waals surface area contributed by atoms with Crippen molar-refractivity contribution in [2.75, 3.05) is 43.4 Å². The van der Waals surface area contributed by atoms with E-state index in [2.05, 4.69) is 15.3 Å². The second-order valence-electron chi connectivity index (χ2n) is 11.2. The lowest BCUT2D eigenvalue weighted by Crippen LogP contribution is -2.50. The normalized spacial score (nSPS) is 14.0. The Labute approximate surface area is 228 Å². The van der Waals surface area contributed by atoms with Gasteiger partial charge in [-0.3, -0.25) is 15.1 Å². The Bertz CT molecular complexity index is 1200. The van der Waals surface area contributed by atoms with E-state index in [1.165, 1.54) is 11.0 Å². The van der Waals surface area contributed by atoms with Gasteiger partial charge >= 0.3 is 17.9 Å². The third-order valence-electron chi connectivity index (χ3n) is 5.49. The highest BCUT2D eigenvalue weighted by molar-refractivity contribution is 5.70. The van der Waals surface area contributed by atoms with E-state index in [-0.39, 0.29) is 24.1 Å². The molecule has 2 aromatic heterocycles. The van der Waals surface area contributed by atoms with E-state index in [0.29, 0.717) is 43.4 Å². The van der Waals surface area contributed by atoms with E-state index in [4.69, 9.17) is 9.47 Å². The Morgan fingerprint density at radius 1 is 1.05 bits per heavy atom. The molecule has 0 saturated carbocycles. The summed E-state index contributed by atoms with van der Waals surface area (Å²) in [7, 11) is 1.61. The van der Waals surface area contributed by atoms with Crippen molar-refractivity contribution in [3.8, 4) is 0 Å². The number of rotatable bonds is 6. The lowest BCUT2D eigenvalue weighted by atomic mass is 10.2. The molecule has 1 aliphatic rings. The molecule has 0 spiro atoms. The number of pyridine rings is 2. The number of nitrogens with zero attached hydrogens (tertiary/aromatic N) is 6.